The summed E-state index contributed by atoms with van der Waals surface area (Å²) in [6, 6.07) is 12.6. The highest BCUT2D eigenvalue weighted by molar-refractivity contribution is 6.30. The number of carbonyl (C=O) groups is 2. The number of hydrogen-bond acceptors (Lipinski definition) is 5. The van der Waals surface area contributed by atoms with Crippen molar-refractivity contribution >= 4 is 23.5 Å². The van der Waals surface area contributed by atoms with Crippen LogP contribution in [0.5, 0.6) is 5.75 Å². The van der Waals surface area contributed by atoms with Gasteiger partial charge in [-0.1, -0.05) is 17.7 Å². The van der Waals surface area contributed by atoms with E-state index in [0.717, 1.165) is 0 Å². The Balaban J connectivity index is 1.92. The smallest absolute Gasteiger partial charge is 0.343 e. The molecular formula is C18H17ClO5. The molecule has 6 heteroatoms. The Labute approximate surface area is 145 Å². The van der Waals surface area contributed by atoms with Gasteiger partial charge >= 0.3 is 11.9 Å². The lowest BCUT2D eigenvalue weighted by atomic mass is 10.2. The van der Waals surface area contributed by atoms with Crippen molar-refractivity contribution in [2.24, 2.45) is 0 Å². The minimum absolute atomic E-state index is 0.193. The van der Waals surface area contributed by atoms with E-state index in [0.29, 0.717) is 35.1 Å². The van der Waals surface area contributed by atoms with Gasteiger partial charge in [0.25, 0.3) is 0 Å². The van der Waals surface area contributed by atoms with Gasteiger partial charge in [0.1, 0.15) is 12.4 Å². The molecule has 0 N–H and O–H groups in total. The maximum Gasteiger partial charge on any atom is 0.343 e. The summed E-state index contributed by atoms with van der Waals surface area (Å²) in [6.45, 7) is 2.99. The van der Waals surface area contributed by atoms with E-state index in [1.807, 2.05) is 6.92 Å². The monoisotopic (exact) mass is 348 g/mol. The zero-order valence-electron chi connectivity index (χ0n) is 13.2. The average Bonchev–Trinajstić information content (AvgIpc) is 2.59. The van der Waals surface area contributed by atoms with Crippen LogP contribution < -0.4 is 4.74 Å². The molecule has 0 aliphatic carbocycles. The first-order valence-corrected chi connectivity index (χ1v) is 7.80. The molecule has 0 saturated heterocycles. The Bertz CT molecular complexity index is 697. The minimum Gasteiger partial charge on any atom is -0.460 e. The quantitative estimate of drug-likeness (QED) is 0.433. The SMILES string of the molecule is CCOCCOC(=O)c1ccc(OC(=O)c2cccc(Cl)c2)cc1. The molecule has 0 unspecified atom stereocenters. The molecule has 0 spiro atoms. The third-order valence-corrected chi connectivity index (χ3v) is 3.26. The second kappa shape index (κ2) is 9.05. The topological polar surface area (TPSA) is 61.8 Å². The van der Waals surface area contributed by atoms with Gasteiger partial charge in [-0.2, -0.15) is 0 Å². The second-order valence-corrected chi connectivity index (χ2v) is 5.19. The largest absolute Gasteiger partial charge is 0.460 e. The zero-order valence-corrected chi connectivity index (χ0v) is 13.9. The molecule has 0 aromatic heterocycles. The van der Waals surface area contributed by atoms with Crippen LogP contribution in [0.3, 0.4) is 0 Å². The molecule has 2 aromatic carbocycles. The Morgan fingerprint density at radius 2 is 1.71 bits per heavy atom. The van der Waals surface area contributed by atoms with Crippen molar-refractivity contribution in [1.82, 2.24) is 0 Å². The van der Waals surface area contributed by atoms with Crippen molar-refractivity contribution in [3.05, 3.63) is 64.7 Å². The summed E-state index contributed by atoms with van der Waals surface area (Å²) in [7, 11) is 0. The standard InChI is InChI=1S/C18H17ClO5/c1-2-22-10-11-23-17(20)13-6-8-16(9-7-13)24-18(21)14-4-3-5-15(19)12-14/h3-9,12H,2,10-11H2,1H3. The van der Waals surface area contributed by atoms with Gasteiger partial charge in [-0.15, -0.1) is 0 Å². The number of rotatable bonds is 7. The highest BCUT2D eigenvalue weighted by Crippen LogP contribution is 2.17. The van der Waals surface area contributed by atoms with E-state index in [1.165, 1.54) is 30.3 Å². The molecule has 5 nitrogen and oxygen atoms in total. The average molecular weight is 349 g/mol. The third-order valence-electron chi connectivity index (χ3n) is 3.03. The van der Waals surface area contributed by atoms with Crippen LogP contribution in [0.2, 0.25) is 5.02 Å². The minimum atomic E-state index is -0.524. The molecule has 0 fully saturated rings. The fraction of sp³-hybridized carbons (Fsp3) is 0.222. The van der Waals surface area contributed by atoms with Crippen molar-refractivity contribution in [3.63, 3.8) is 0 Å². The molecule has 126 valence electrons. The van der Waals surface area contributed by atoms with Gasteiger partial charge in [0.05, 0.1) is 17.7 Å². The first kappa shape index (κ1) is 18.0. The highest BCUT2D eigenvalue weighted by Gasteiger charge is 2.11. The molecule has 24 heavy (non-hydrogen) atoms. The van der Waals surface area contributed by atoms with E-state index in [-0.39, 0.29) is 6.61 Å². The lowest BCUT2D eigenvalue weighted by molar-refractivity contribution is 0.0335. The van der Waals surface area contributed by atoms with Gasteiger partial charge in [0.15, 0.2) is 0 Å². The van der Waals surface area contributed by atoms with Crippen molar-refractivity contribution in [1.29, 1.82) is 0 Å². The molecule has 0 aliphatic rings. The third kappa shape index (κ3) is 5.37. The van der Waals surface area contributed by atoms with Crippen molar-refractivity contribution in [2.75, 3.05) is 19.8 Å². The molecule has 0 amide bonds. The van der Waals surface area contributed by atoms with Crippen LogP contribution in [0.15, 0.2) is 48.5 Å². The van der Waals surface area contributed by atoms with Crippen molar-refractivity contribution in [3.8, 4) is 5.75 Å². The molecular weight excluding hydrogens is 332 g/mol. The van der Waals surface area contributed by atoms with Crippen LogP contribution in [-0.4, -0.2) is 31.8 Å². The van der Waals surface area contributed by atoms with Crippen molar-refractivity contribution in [2.45, 2.75) is 6.92 Å². The predicted molar refractivity (Wildman–Crippen MR) is 89.6 cm³/mol. The Morgan fingerprint density at radius 1 is 0.958 bits per heavy atom. The number of esters is 2. The number of hydrogen-bond donors (Lipinski definition) is 0. The van der Waals surface area contributed by atoms with E-state index in [1.54, 1.807) is 18.2 Å². The summed E-state index contributed by atoms with van der Waals surface area (Å²) in [5.41, 5.74) is 0.718. The second-order valence-electron chi connectivity index (χ2n) is 4.76. The van der Waals surface area contributed by atoms with Crippen LogP contribution in [0.25, 0.3) is 0 Å². The van der Waals surface area contributed by atoms with E-state index >= 15 is 0 Å². The molecule has 0 heterocycles. The van der Waals surface area contributed by atoms with Gasteiger partial charge in [-0.05, 0) is 49.4 Å². The van der Waals surface area contributed by atoms with Gasteiger partial charge in [0, 0.05) is 11.6 Å². The van der Waals surface area contributed by atoms with Crippen LogP contribution in [0.4, 0.5) is 0 Å². The zero-order chi connectivity index (χ0) is 17.4. The summed E-state index contributed by atoms with van der Waals surface area (Å²) in [5, 5.41) is 0.453. The van der Waals surface area contributed by atoms with Crippen molar-refractivity contribution < 1.29 is 23.8 Å². The Morgan fingerprint density at radius 3 is 2.38 bits per heavy atom. The first-order chi connectivity index (χ1) is 11.6. The molecule has 2 aromatic rings. The number of benzene rings is 2. The molecule has 0 aliphatic heterocycles. The summed E-state index contributed by atoms with van der Waals surface area (Å²) in [4.78, 5) is 23.8. The molecule has 2 rings (SSSR count). The van der Waals surface area contributed by atoms with E-state index in [2.05, 4.69) is 0 Å². The number of ether oxygens (including phenoxy) is 3. The van der Waals surface area contributed by atoms with Gasteiger partial charge in [-0.3, -0.25) is 0 Å². The van der Waals surface area contributed by atoms with Crippen LogP contribution in [0.1, 0.15) is 27.6 Å². The molecule has 0 bridgehead atoms. The van der Waals surface area contributed by atoms with Crippen LogP contribution in [-0.2, 0) is 9.47 Å². The molecule has 0 saturated carbocycles. The molecule has 0 atom stereocenters. The van der Waals surface area contributed by atoms with Gasteiger partial charge in [-0.25, -0.2) is 9.59 Å². The Kier molecular flexibility index (Phi) is 6.78. The maximum atomic E-state index is 12.0. The molecule has 0 radical (unpaired) electrons. The lowest BCUT2D eigenvalue weighted by Crippen LogP contribution is -2.11. The maximum absolute atomic E-state index is 12.0. The summed E-state index contributed by atoms with van der Waals surface area (Å²) < 4.78 is 15.4. The van der Waals surface area contributed by atoms with Gasteiger partial charge < -0.3 is 14.2 Å². The van der Waals surface area contributed by atoms with E-state index in [4.69, 9.17) is 25.8 Å². The van der Waals surface area contributed by atoms with Crippen LogP contribution >= 0.6 is 11.6 Å². The summed E-state index contributed by atoms with van der Waals surface area (Å²) in [6.07, 6.45) is 0. The number of carbonyl (C=O) groups excluding carboxylic acids is 2. The first-order valence-electron chi connectivity index (χ1n) is 7.43. The van der Waals surface area contributed by atoms with Crippen LogP contribution in [0, 0.1) is 0 Å². The highest BCUT2D eigenvalue weighted by atomic mass is 35.5. The summed E-state index contributed by atoms with van der Waals surface area (Å²) >= 11 is 5.84. The van der Waals surface area contributed by atoms with E-state index < -0.39 is 11.9 Å². The number of halogens is 1. The Hall–Kier alpha value is -2.37. The van der Waals surface area contributed by atoms with Gasteiger partial charge in [0.2, 0.25) is 0 Å². The normalized spacial score (nSPS) is 10.2. The van der Waals surface area contributed by atoms with E-state index in [9.17, 15) is 9.59 Å². The summed E-state index contributed by atoms with van der Waals surface area (Å²) in [5.74, 6) is -0.655. The lowest BCUT2D eigenvalue weighted by Gasteiger charge is -2.07. The fourth-order valence-electron chi connectivity index (χ4n) is 1.86. The predicted octanol–water partition coefficient (Wildman–Crippen LogP) is 3.75. The fourth-order valence-corrected chi connectivity index (χ4v) is 2.05.